The zero-order valence-corrected chi connectivity index (χ0v) is 13.5. The van der Waals surface area contributed by atoms with Crippen molar-refractivity contribution in [3.05, 3.63) is 37.0 Å². The molecular weight excluding hydrogens is 272 g/mol. The molecule has 4 heteroatoms. The Kier molecular flexibility index (Phi) is 3.50. The van der Waals surface area contributed by atoms with Gasteiger partial charge in [0.05, 0.1) is 11.7 Å². The molecule has 0 aromatic carbocycles. The first-order valence-corrected chi connectivity index (χ1v) is 8.45. The van der Waals surface area contributed by atoms with Crippen LogP contribution in [0.3, 0.4) is 0 Å². The van der Waals surface area contributed by atoms with Gasteiger partial charge in [0, 0.05) is 20.7 Å². The summed E-state index contributed by atoms with van der Waals surface area (Å²) in [5, 5.41) is 5.00. The number of aryl methyl sites for hydroxylation is 4. The Morgan fingerprint density at radius 3 is 2.37 bits per heavy atom. The molecule has 0 amide bonds. The smallest absolute Gasteiger partial charge is 0.115 e. The maximum Gasteiger partial charge on any atom is 0.115 e. The number of nitrogens with one attached hydrogen (secondary N) is 1. The molecule has 3 rings (SSSR count). The van der Waals surface area contributed by atoms with E-state index in [9.17, 15) is 0 Å². The second-order valence-corrected chi connectivity index (χ2v) is 8.13. The average Bonchev–Trinajstić information content (AvgIpc) is 3.02. The number of aromatic nitrogens is 1. The van der Waals surface area contributed by atoms with Crippen LogP contribution in [0.2, 0.25) is 0 Å². The number of hydrogen-bond acceptors (Lipinski definition) is 4. The van der Waals surface area contributed by atoms with Crippen LogP contribution in [0.5, 0.6) is 0 Å². The van der Waals surface area contributed by atoms with Gasteiger partial charge in [0.1, 0.15) is 5.01 Å². The Morgan fingerprint density at radius 1 is 1.16 bits per heavy atom. The third-order valence-electron chi connectivity index (χ3n) is 3.66. The molecule has 102 valence electrons. The van der Waals surface area contributed by atoms with Gasteiger partial charge in [-0.05, 0) is 52.2 Å². The third kappa shape index (κ3) is 2.76. The first kappa shape index (κ1) is 13.3. The number of thiazole rings is 1. The van der Waals surface area contributed by atoms with Crippen molar-refractivity contribution in [3.8, 4) is 0 Å². The van der Waals surface area contributed by atoms with Crippen LogP contribution in [0.1, 0.15) is 49.8 Å². The number of rotatable bonds is 4. The first-order valence-electron chi connectivity index (χ1n) is 6.81. The van der Waals surface area contributed by atoms with E-state index in [1.165, 1.54) is 43.7 Å². The molecule has 1 fully saturated rings. The maximum absolute atomic E-state index is 4.78. The van der Waals surface area contributed by atoms with Gasteiger partial charge in [0.2, 0.25) is 0 Å². The fourth-order valence-electron chi connectivity index (χ4n) is 2.34. The van der Waals surface area contributed by atoms with Gasteiger partial charge in [-0.1, -0.05) is 0 Å². The molecule has 0 spiro atoms. The Morgan fingerprint density at radius 2 is 1.89 bits per heavy atom. The fraction of sp³-hybridized carbons (Fsp3) is 0.533. The van der Waals surface area contributed by atoms with Gasteiger partial charge in [-0.25, -0.2) is 4.98 Å². The van der Waals surface area contributed by atoms with Crippen LogP contribution in [0.25, 0.3) is 0 Å². The number of nitrogens with zero attached hydrogens (tertiary/aromatic N) is 1. The second kappa shape index (κ2) is 5.00. The van der Waals surface area contributed by atoms with E-state index in [0.717, 1.165) is 0 Å². The average molecular weight is 292 g/mol. The van der Waals surface area contributed by atoms with E-state index in [0.29, 0.717) is 6.04 Å². The molecule has 19 heavy (non-hydrogen) atoms. The molecule has 0 saturated heterocycles. The van der Waals surface area contributed by atoms with E-state index in [-0.39, 0.29) is 6.04 Å². The summed E-state index contributed by atoms with van der Waals surface area (Å²) in [6.45, 7) is 8.68. The van der Waals surface area contributed by atoms with Gasteiger partial charge >= 0.3 is 0 Å². The molecule has 1 unspecified atom stereocenters. The molecule has 0 aliphatic heterocycles. The van der Waals surface area contributed by atoms with E-state index in [4.69, 9.17) is 4.98 Å². The van der Waals surface area contributed by atoms with Crippen LogP contribution < -0.4 is 5.32 Å². The van der Waals surface area contributed by atoms with E-state index < -0.39 is 0 Å². The van der Waals surface area contributed by atoms with Gasteiger partial charge in [-0.15, -0.1) is 22.7 Å². The predicted octanol–water partition coefficient (Wildman–Crippen LogP) is 4.28. The Hall–Kier alpha value is -0.710. The van der Waals surface area contributed by atoms with Gasteiger partial charge in [0.15, 0.2) is 0 Å². The van der Waals surface area contributed by atoms with Crippen molar-refractivity contribution < 1.29 is 0 Å². The summed E-state index contributed by atoms with van der Waals surface area (Å²) in [6, 6.07) is 3.30. The Bertz CT molecular complexity index is 574. The summed E-state index contributed by atoms with van der Waals surface area (Å²) >= 11 is 3.72. The van der Waals surface area contributed by atoms with Crippen molar-refractivity contribution in [1.29, 1.82) is 0 Å². The minimum absolute atomic E-state index is 0.287. The zero-order valence-electron chi connectivity index (χ0n) is 11.9. The van der Waals surface area contributed by atoms with Crippen molar-refractivity contribution in [2.45, 2.75) is 52.6 Å². The molecule has 1 aliphatic carbocycles. The summed E-state index contributed by atoms with van der Waals surface area (Å²) in [5.74, 6) is 0. The molecule has 2 nitrogen and oxygen atoms in total. The lowest BCUT2D eigenvalue weighted by Gasteiger charge is -2.16. The summed E-state index contributed by atoms with van der Waals surface area (Å²) in [4.78, 5) is 8.92. The molecule has 0 bridgehead atoms. The summed E-state index contributed by atoms with van der Waals surface area (Å²) in [7, 11) is 0. The maximum atomic E-state index is 4.78. The van der Waals surface area contributed by atoms with Crippen molar-refractivity contribution in [2.75, 3.05) is 0 Å². The predicted molar refractivity (Wildman–Crippen MR) is 83.4 cm³/mol. The molecule has 1 N–H and O–H groups in total. The lowest BCUT2D eigenvalue weighted by molar-refractivity contribution is 0.596. The molecule has 1 atom stereocenters. The number of thiophene rings is 1. The van der Waals surface area contributed by atoms with E-state index in [1.54, 1.807) is 0 Å². The quantitative estimate of drug-likeness (QED) is 0.910. The van der Waals surface area contributed by atoms with Gasteiger partial charge in [0.25, 0.3) is 0 Å². The van der Waals surface area contributed by atoms with Crippen molar-refractivity contribution in [1.82, 2.24) is 10.3 Å². The lowest BCUT2D eigenvalue weighted by Crippen LogP contribution is -2.24. The summed E-state index contributed by atoms with van der Waals surface area (Å²) in [5.41, 5.74) is 2.59. The molecule has 2 heterocycles. The Balaban J connectivity index is 1.98. The SMILES string of the molecule is Cc1cc(C(NC2CC2)c2nc(C)c(C)s2)c(C)s1. The zero-order chi connectivity index (χ0) is 13.6. The highest BCUT2D eigenvalue weighted by molar-refractivity contribution is 7.12. The lowest BCUT2D eigenvalue weighted by atomic mass is 10.1. The van der Waals surface area contributed by atoms with Crippen molar-refractivity contribution >= 4 is 22.7 Å². The van der Waals surface area contributed by atoms with Crippen LogP contribution >= 0.6 is 22.7 Å². The molecule has 2 aromatic rings. The van der Waals surface area contributed by atoms with Gasteiger partial charge in [-0.2, -0.15) is 0 Å². The molecule has 0 radical (unpaired) electrons. The van der Waals surface area contributed by atoms with Crippen LogP contribution in [-0.4, -0.2) is 11.0 Å². The fourth-order valence-corrected chi connectivity index (χ4v) is 4.30. The second-order valence-electron chi connectivity index (χ2n) is 5.44. The van der Waals surface area contributed by atoms with Crippen molar-refractivity contribution in [2.24, 2.45) is 0 Å². The summed E-state index contributed by atoms with van der Waals surface area (Å²) in [6.07, 6.45) is 2.62. The molecule has 1 saturated carbocycles. The van der Waals surface area contributed by atoms with Crippen LogP contribution in [0, 0.1) is 27.7 Å². The number of hydrogen-bond donors (Lipinski definition) is 1. The van der Waals surface area contributed by atoms with Crippen LogP contribution in [-0.2, 0) is 0 Å². The highest BCUT2D eigenvalue weighted by atomic mass is 32.1. The topological polar surface area (TPSA) is 24.9 Å². The summed E-state index contributed by atoms with van der Waals surface area (Å²) < 4.78 is 0. The van der Waals surface area contributed by atoms with Gasteiger partial charge < -0.3 is 5.32 Å². The minimum Gasteiger partial charge on any atom is -0.301 e. The van der Waals surface area contributed by atoms with E-state index >= 15 is 0 Å². The largest absolute Gasteiger partial charge is 0.301 e. The van der Waals surface area contributed by atoms with Crippen LogP contribution in [0.15, 0.2) is 6.07 Å². The van der Waals surface area contributed by atoms with Crippen LogP contribution in [0.4, 0.5) is 0 Å². The van der Waals surface area contributed by atoms with E-state index in [2.05, 4.69) is 39.1 Å². The molecule has 1 aliphatic rings. The Labute approximate surface area is 122 Å². The van der Waals surface area contributed by atoms with Crippen molar-refractivity contribution in [3.63, 3.8) is 0 Å². The highest BCUT2D eigenvalue weighted by Gasteiger charge is 2.29. The minimum atomic E-state index is 0.287. The standard InChI is InChI=1S/C15H20N2S2/c1-8-7-13(11(4)18-8)14(17-12-5-6-12)15-16-9(2)10(3)19-15/h7,12,14,17H,5-6H2,1-4H3. The van der Waals surface area contributed by atoms with E-state index in [1.807, 2.05) is 22.7 Å². The first-order chi connectivity index (χ1) is 9.04. The highest BCUT2D eigenvalue weighted by Crippen LogP contribution is 2.36. The monoisotopic (exact) mass is 292 g/mol. The normalized spacial score (nSPS) is 16.8. The third-order valence-corrected chi connectivity index (χ3v) is 5.78. The van der Waals surface area contributed by atoms with Gasteiger partial charge in [-0.3, -0.25) is 0 Å². The molecule has 2 aromatic heterocycles. The molecular formula is C15H20N2S2.